The minimum atomic E-state index is -0.0866. The number of carbonyl (C=O) groups excluding carboxylic acids is 1. The highest BCUT2D eigenvalue weighted by Gasteiger charge is 2.23. The Hall–Kier alpha value is -3.60. The van der Waals surface area contributed by atoms with Gasteiger partial charge in [-0.3, -0.25) is 9.78 Å². The highest BCUT2D eigenvalue weighted by atomic mass is 16.2. The van der Waals surface area contributed by atoms with Gasteiger partial charge >= 0.3 is 0 Å². The Kier molecular flexibility index (Phi) is 4.58. The first-order valence-corrected chi connectivity index (χ1v) is 8.78. The standard InChI is InChI=1S/C22H20N4O/c1-26(15-16-5-4-12-23-13-16)18-10-8-17(9-11-18)24-14-20-19-6-2-3-7-21(19)25-22(20)27/h2-14,24H,15H2,1H3,(H,25,27). The molecule has 2 N–H and O–H groups in total. The largest absolute Gasteiger partial charge is 0.370 e. The fourth-order valence-corrected chi connectivity index (χ4v) is 3.11. The number of nitrogens with zero attached hydrogens (tertiary/aromatic N) is 2. The number of hydrogen-bond donors (Lipinski definition) is 2. The van der Waals surface area contributed by atoms with E-state index in [9.17, 15) is 4.79 Å². The maximum absolute atomic E-state index is 12.1. The third-order valence-corrected chi connectivity index (χ3v) is 4.54. The van der Waals surface area contributed by atoms with E-state index in [-0.39, 0.29) is 5.91 Å². The van der Waals surface area contributed by atoms with Gasteiger partial charge in [-0.1, -0.05) is 24.3 Å². The van der Waals surface area contributed by atoms with Crippen LogP contribution in [0.25, 0.3) is 5.57 Å². The number of pyridine rings is 1. The van der Waals surface area contributed by atoms with Crippen LogP contribution in [0, 0.1) is 0 Å². The molecule has 1 aromatic heterocycles. The molecule has 5 nitrogen and oxygen atoms in total. The summed E-state index contributed by atoms with van der Waals surface area (Å²) in [6.07, 6.45) is 5.42. The first kappa shape index (κ1) is 16.8. The van der Waals surface area contributed by atoms with Crippen molar-refractivity contribution < 1.29 is 4.79 Å². The van der Waals surface area contributed by atoms with Gasteiger partial charge in [-0.2, -0.15) is 0 Å². The van der Waals surface area contributed by atoms with Crippen molar-refractivity contribution in [1.82, 2.24) is 4.98 Å². The molecule has 0 saturated heterocycles. The van der Waals surface area contributed by atoms with Gasteiger partial charge in [-0.15, -0.1) is 0 Å². The maximum atomic E-state index is 12.1. The number of carbonyl (C=O) groups is 1. The minimum absolute atomic E-state index is 0.0866. The van der Waals surface area contributed by atoms with Crippen molar-refractivity contribution >= 4 is 28.5 Å². The molecule has 1 amide bonds. The van der Waals surface area contributed by atoms with Crippen LogP contribution >= 0.6 is 0 Å². The lowest BCUT2D eigenvalue weighted by Crippen LogP contribution is -2.16. The SMILES string of the molecule is CN(Cc1cccnc1)c1ccc(NC=C2C(=O)Nc3ccccc32)cc1. The Morgan fingerprint density at radius 2 is 1.89 bits per heavy atom. The van der Waals surface area contributed by atoms with E-state index >= 15 is 0 Å². The third-order valence-electron chi connectivity index (χ3n) is 4.54. The molecule has 1 aliphatic rings. The molecule has 0 bridgehead atoms. The van der Waals surface area contributed by atoms with E-state index in [4.69, 9.17) is 0 Å². The van der Waals surface area contributed by atoms with E-state index < -0.39 is 0 Å². The number of hydrogen-bond acceptors (Lipinski definition) is 4. The van der Waals surface area contributed by atoms with Crippen LogP contribution in [0.3, 0.4) is 0 Å². The van der Waals surface area contributed by atoms with Gasteiger partial charge in [0, 0.05) is 54.8 Å². The zero-order valence-electron chi connectivity index (χ0n) is 15.0. The summed E-state index contributed by atoms with van der Waals surface area (Å²) < 4.78 is 0. The number of amides is 1. The van der Waals surface area contributed by atoms with E-state index in [0.29, 0.717) is 5.57 Å². The lowest BCUT2D eigenvalue weighted by atomic mass is 10.1. The molecule has 3 aromatic rings. The average molecular weight is 356 g/mol. The van der Waals surface area contributed by atoms with Crippen molar-refractivity contribution in [1.29, 1.82) is 0 Å². The zero-order chi connectivity index (χ0) is 18.6. The van der Waals surface area contributed by atoms with Crippen molar-refractivity contribution in [3.63, 3.8) is 0 Å². The molecule has 4 rings (SSSR count). The average Bonchev–Trinajstić information content (AvgIpc) is 3.02. The van der Waals surface area contributed by atoms with Crippen molar-refractivity contribution in [3.8, 4) is 0 Å². The molecule has 0 radical (unpaired) electrons. The highest BCUT2D eigenvalue weighted by Crippen LogP contribution is 2.31. The van der Waals surface area contributed by atoms with E-state index in [0.717, 1.165) is 34.7 Å². The van der Waals surface area contributed by atoms with Crippen molar-refractivity contribution in [2.45, 2.75) is 6.54 Å². The number of nitrogens with one attached hydrogen (secondary N) is 2. The summed E-state index contributed by atoms with van der Waals surface area (Å²) in [7, 11) is 2.05. The number of rotatable bonds is 5. The maximum Gasteiger partial charge on any atom is 0.257 e. The summed E-state index contributed by atoms with van der Waals surface area (Å²) >= 11 is 0. The van der Waals surface area contributed by atoms with Gasteiger partial charge in [-0.05, 0) is 42.0 Å². The second-order valence-corrected chi connectivity index (χ2v) is 6.47. The highest BCUT2D eigenvalue weighted by molar-refractivity contribution is 6.31. The van der Waals surface area contributed by atoms with Crippen LogP contribution < -0.4 is 15.5 Å². The van der Waals surface area contributed by atoms with Crippen molar-refractivity contribution in [2.24, 2.45) is 0 Å². The molecule has 0 atom stereocenters. The van der Waals surface area contributed by atoms with Gasteiger partial charge in [0.15, 0.2) is 0 Å². The quantitative estimate of drug-likeness (QED) is 0.675. The zero-order valence-corrected chi connectivity index (χ0v) is 15.0. The summed E-state index contributed by atoms with van der Waals surface area (Å²) in [6.45, 7) is 0.793. The summed E-state index contributed by atoms with van der Waals surface area (Å²) in [4.78, 5) is 18.5. The van der Waals surface area contributed by atoms with Gasteiger partial charge < -0.3 is 15.5 Å². The smallest absolute Gasteiger partial charge is 0.257 e. The molecule has 2 aromatic carbocycles. The van der Waals surface area contributed by atoms with Crippen molar-refractivity contribution in [3.05, 3.63) is 90.4 Å². The number of anilines is 3. The fourth-order valence-electron chi connectivity index (χ4n) is 3.11. The number of fused-ring (bicyclic) bond motifs is 1. The van der Waals surface area contributed by atoms with Gasteiger partial charge in [0.05, 0.1) is 5.57 Å². The Labute approximate surface area is 158 Å². The second-order valence-electron chi connectivity index (χ2n) is 6.47. The topological polar surface area (TPSA) is 57.3 Å². The molecule has 0 saturated carbocycles. The molecular formula is C22H20N4O. The van der Waals surface area contributed by atoms with E-state index in [1.165, 1.54) is 0 Å². The van der Waals surface area contributed by atoms with E-state index in [2.05, 4.69) is 45.8 Å². The van der Waals surface area contributed by atoms with E-state index in [1.807, 2.05) is 48.7 Å². The fraction of sp³-hybridized carbons (Fsp3) is 0.0909. The molecule has 5 heteroatoms. The molecule has 0 aliphatic carbocycles. The van der Waals surface area contributed by atoms with Gasteiger partial charge in [0.1, 0.15) is 0 Å². The van der Waals surface area contributed by atoms with Gasteiger partial charge in [-0.25, -0.2) is 0 Å². The minimum Gasteiger partial charge on any atom is -0.370 e. The Morgan fingerprint density at radius 3 is 2.67 bits per heavy atom. The molecular weight excluding hydrogens is 336 g/mol. The molecule has 27 heavy (non-hydrogen) atoms. The van der Waals surface area contributed by atoms with Crippen LogP contribution in [0.1, 0.15) is 11.1 Å². The summed E-state index contributed by atoms with van der Waals surface area (Å²) in [5, 5.41) is 6.09. The van der Waals surface area contributed by atoms with Crippen LogP contribution in [-0.2, 0) is 11.3 Å². The van der Waals surface area contributed by atoms with Crippen LogP contribution in [0.2, 0.25) is 0 Å². The molecule has 134 valence electrons. The first-order chi connectivity index (χ1) is 13.2. The summed E-state index contributed by atoms with van der Waals surface area (Å²) in [5.41, 5.74) is 5.62. The number of para-hydroxylation sites is 1. The predicted octanol–water partition coefficient (Wildman–Crippen LogP) is 4.12. The summed E-state index contributed by atoms with van der Waals surface area (Å²) in [6, 6.07) is 19.8. The normalized spacial score (nSPS) is 14.0. The third kappa shape index (κ3) is 3.67. The number of benzene rings is 2. The van der Waals surface area contributed by atoms with Crippen molar-refractivity contribution in [2.75, 3.05) is 22.6 Å². The Morgan fingerprint density at radius 1 is 1.07 bits per heavy atom. The molecule has 2 heterocycles. The molecule has 0 unspecified atom stereocenters. The Bertz CT molecular complexity index is 981. The second kappa shape index (κ2) is 7.33. The van der Waals surface area contributed by atoms with E-state index in [1.54, 1.807) is 12.4 Å². The van der Waals surface area contributed by atoms with Gasteiger partial charge in [0.25, 0.3) is 5.91 Å². The monoisotopic (exact) mass is 356 g/mol. The van der Waals surface area contributed by atoms with Crippen LogP contribution in [0.4, 0.5) is 17.1 Å². The van der Waals surface area contributed by atoms with Crippen LogP contribution in [0.5, 0.6) is 0 Å². The number of aromatic nitrogens is 1. The molecule has 0 spiro atoms. The Balaban J connectivity index is 1.45. The molecule has 0 fully saturated rings. The van der Waals surface area contributed by atoms with Crippen LogP contribution in [0.15, 0.2) is 79.3 Å². The van der Waals surface area contributed by atoms with Gasteiger partial charge in [0.2, 0.25) is 0 Å². The van der Waals surface area contributed by atoms with Crippen LogP contribution in [-0.4, -0.2) is 17.9 Å². The molecule has 1 aliphatic heterocycles. The summed E-state index contributed by atoms with van der Waals surface area (Å²) in [5.74, 6) is -0.0866. The first-order valence-electron chi connectivity index (χ1n) is 8.78. The predicted molar refractivity (Wildman–Crippen MR) is 109 cm³/mol. The lowest BCUT2D eigenvalue weighted by molar-refractivity contribution is -0.110. The lowest BCUT2D eigenvalue weighted by Gasteiger charge is -2.19.